The van der Waals surface area contributed by atoms with Gasteiger partial charge in [0, 0.05) is 35.9 Å². The lowest BCUT2D eigenvalue weighted by molar-refractivity contribution is 0.880. The molecule has 102 valence electrons. The molecular formula is C15H17N5. The molecular weight excluding hydrogens is 250 g/mol. The Hall–Kier alpha value is -2.56. The molecule has 0 aliphatic carbocycles. The van der Waals surface area contributed by atoms with Gasteiger partial charge in [-0.15, -0.1) is 0 Å². The van der Waals surface area contributed by atoms with Crippen LogP contribution in [0.3, 0.4) is 0 Å². The molecule has 2 N–H and O–H groups in total. The Morgan fingerprint density at radius 1 is 1.20 bits per heavy atom. The van der Waals surface area contributed by atoms with E-state index in [-0.39, 0.29) is 0 Å². The zero-order valence-electron chi connectivity index (χ0n) is 11.6. The van der Waals surface area contributed by atoms with Crippen molar-refractivity contribution in [1.82, 2.24) is 20.0 Å². The van der Waals surface area contributed by atoms with E-state index in [0.29, 0.717) is 0 Å². The van der Waals surface area contributed by atoms with Gasteiger partial charge in [-0.05, 0) is 44.2 Å². The van der Waals surface area contributed by atoms with Crippen molar-refractivity contribution in [2.75, 3.05) is 5.32 Å². The normalized spacial score (nSPS) is 10.7. The van der Waals surface area contributed by atoms with Crippen molar-refractivity contribution in [3.05, 3.63) is 59.7 Å². The number of rotatable bonds is 4. The van der Waals surface area contributed by atoms with E-state index in [9.17, 15) is 0 Å². The van der Waals surface area contributed by atoms with Gasteiger partial charge in [-0.1, -0.05) is 0 Å². The van der Waals surface area contributed by atoms with E-state index in [1.807, 2.05) is 42.9 Å². The van der Waals surface area contributed by atoms with Crippen LogP contribution in [0.5, 0.6) is 0 Å². The first-order valence-corrected chi connectivity index (χ1v) is 6.58. The second-order valence-corrected chi connectivity index (χ2v) is 4.76. The lowest BCUT2D eigenvalue weighted by Crippen LogP contribution is -2.02. The van der Waals surface area contributed by atoms with Gasteiger partial charge in [-0.3, -0.25) is 5.10 Å². The smallest absolute Gasteiger partial charge is 0.0647 e. The Labute approximate surface area is 117 Å². The van der Waals surface area contributed by atoms with Crippen molar-refractivity contribution in [2.45, 2.75) is 20.4 Å². The van der Waals surface area contributed by atoms with Crippen molar-refractivity contribution in [2.24, 2.45) is 0 Å². The van der Waals surface area contributed by atoms with Gasteiger partial charge in [0.15, 0.2) is 0 Å². The molecule has 3 aromatic rings. The second kappa shape index (κ2) is 5.21. The summed E-state index contributed by atoms with van der Waals surface area (Å²) in [7, 11) is 0. The molecule has 0 saturated carbocycles. The highest BCUT2D eigenvalue weighted by atomic mass is 15.3. The number of hydrogen-bond acceptors (Lipinski definition) is 3. The third kappa shape index (κ3) is 2.42. The topological polar surface area (TPSA) is 58.5 Å². The van der Waals surface area contributed by atoms with Crippen LogP contribution in [-0.2, 0) is 6.54 Å². The minimum absolute atomic E-state index is 0.773. The number of nitrogens with one attached hydrogen (secondary N) is 2. The number of H-pyrrole nitrogens is 1. The second-order valence-electron chi connectivity index (χ2n) is 4.76. The van der Waals surface area contributed by atoms with Crippen LogP contribution in [0, 0.1) is 13.8 Å². The first-order valence-electron chi connectivity index (χ1n) is 6.58. The summed E-state index contributed by atoms with van der Waals surface area (Å²) in [5.74, 6) is 0. The molecule has 2 heterocycles. The van der Waals surface area contributed by atoms with Gasteiger partial charge in [0.2, 0.25) is 0 Å². The summed E-state index contributed by atoms with van der Waals surface area (Å²) in [5, 5.41) is 14.8. The number of nitrogens with zero attached hydrogens (tertiary/aromatic N) is 3. The standard InChI is InChI=1S/C15H17N5/c1-11-15(12(2)19-18-11)10-16-13-4-6-14(7-5-13)20-9-3-8-17-20/h3-9,16H,10H2,1-2H3,(H,18,19). The monoisotopic (exact) mass is 267 g/mol. The third-order valence-electron chi connectivity index (χ3n) is 3.39. The van der Waals surface area contributed by atoms with Gasteiger partial charge in [-0.25, -0.2) is 4.68 Å². The van der Waals surface area contributed by atoms with E-state index in [1.165, 1.54) is 5.56 Å². The molecule has 3 rings (SSSR count). The Morgan fingerprint density at radius 3 is 2.60 bits per heavy atom. The van der Waals surface area contributed by atoms with Gasteiger partial charge >= 0.3 is 0 Å². The zero-order valence-corrected chi connectivity index (χ0v) is 11.6. The summed E-state index contributed by atoms with van der Waals surface area (Å²) >= 11 is 0. The van der Waals surface area contributed by atoms with E-state index in [0.717, 1.165) is 29.3 Å². The van der Waals surface area contributed by atoms with E-state index in [1.54, 1.807) is 6.20 Å². The highest BCUT2D eigenvalue weighted by molar-refractivity contribution is 5.49. The molecule has 0 saturated heterocycles. The number of aromatic amines is 1. The van der Waals surface area contributed by atoms with Crippen LogP contribution in [0.25, 0.3) is 5.69 Å². The number of hydrogen-bond donors (Lipinski definition) is 2. The molecule has 5 nitrogen and oxygen atoms in total. The van der Waals surface area contributed by atoms with Gasteiger partial charge in [0.1, 0.15) is 0 Å². The Morgan fingerprint density at radius 2 is 2.00 bits per heavy atom. The van der Waals surface area contributed by atoms with Gasteiger partial charge in [0.05, 0.1) is 11.4 Å². The SMILES string of the molecule is Cc1n[nH]c(C)c1CNc1ccc(-n2cccn2)cc1. The molecule has 0 bridgehead atoms. The number of aromatic nitrogens is 4. The largest absolute Gasteiger partial charge is 0.381 e. The summed E-state index contributed by atoms with van der Waals surface area (Å²) in [6.07, 6.45) is 3.71. The molecule has 0 fully saturated rings. The summed E-state index contributed by atoms with van der Waals surface area (Å²) in [4.78, 5) is 0. The first kappa shape index (κ1) is 12.5. The van der Waals surface area contributed by atoms with E-state index in [2.05, 4.69) is 32.7 Å². The summed E-state index contributed by atoms with van der Waals surface area (Å²) in [6.45, 7) is 4.83. The van der Waals surface area contributed by atoms with Gasteiger partial charge in [0.25, 0.3) is 0 Å². The maximum Gasteiger partial charge on any atom is 0.0647 e. The van der Waals surface area contributed by atoms with E-state index < -0.39 is 0 Å². The average Bonchev–Trinajstić information content (AvgIpc) is 3.09. The fourth-order valence-corrected chi connectivity index (χ4v) is 2.18. The third-order valence-corrected chi connectivity index (χ3v) is 3.39. The first-order chi connectivity index (χ1) is 9.74. The molecule has 0 spiro atoms. The van der Waals surface area contributed by atoms with Crippen molar-refractivity contribution in [3.63, 3.8) is 0 Å². The van der Waals surface area contributed by atoms with Crippen LogP contribution in [0.2, 0.25) is 0 Å². The Balaban J connectivity index is 1.70. The van der Waals surface area contributed by atoms with Crippen LogP contribution < -0.4 is 5.32 Å². The number of aryl methyl sites for hydroxylation is 2. The van der Waals surface area contributed by atoms with Gasteiger partial charge in [-0.2, -0.15) is 10.2 Å². The predicted molar refractivity (Wildman–Crippen MR) is 79.0 cm³/mol. The summed E-state index contributed by atoms with van der Waals surface area (Å²) in [6, 6.07) is 10.1. The van der Waals surface area contributed by atoms with Crippen molar-refractivity contribution < 1.29 is 0 Å². The van der Waals surface area contributed by atoms with Crippen LogP contribution >= 0.6 is 0 Å². The number of benzene rings is 1. The molecule has 2 aromatic heterocycles. The van der Waals surface area contributed by atoms with E-state index >= 15 is 0 Å². The van der Waals surface area contributed by atoms with Gasteiger partial charge < -0.3 is 5.32 Å². The van der Waals surface area contributed by atoms with Crippen LogP contribution in [-0.4, -0.2) is 20.0 Å². The molecule has 0 aliphatic rings. The predicted octanol–water partition coefficient (Wildman–Crippen LogP) is 2.82. The Bertz CT molecular complexity index is 660. The summed E-state index contributed by atoms with van der Waals surface area (Å²) < 4.78 is 1.84. The summed E-state index contributed by atoms with van der Waals surface area (Å²) in [5.41, 5.74) is 5.52. The fourth-order valence-electron chi connectivity index (χ4n) is 2.18. The van der Waals surface area contributed by atoms with Crippen molar-refractivity contribution in [3.8, 4) is 5.69 Å². The maximum atomic E-state index is 4.21. The van der Waals surface area contributed by atoms with E-state index in [4.69, 9.17) is 0 Å². The molecule has 0 atom stereocenters. The quantitative estimate of drug-likeness (QED) is 0.764. The lowest BCUT2D eigenvalue weighted by atomic mass is 10.2. The molecule has 20 heavy (non-hydrogen) atoms. The number of anilines is 1. The van der Waals surface area contributed by atoms with Crippen LogP contribution in [0.1, 0.15) is 17.0 Å². The molecule has 0 amide bonds. The van der Waals surface area contributed by atoms with Crippen molar-refractivity contribution >= 4 is 5.69 Å². The molecule has 0 radical (unpaired) electrons. The molecule has 5 heteroatoms. The fraction of sp³-hybridized carbons (Fsp3) is 0.200. The maximum absolute atomic E-state index is 4.21. The average molecular weight is 267 g/mol. The molecule has 1 aromatic carbocycles. The minimum Gasteiger partial charge on any atom is -0.381 e. The zero-order chi connectivity index (χ0) is 13.9. The highest BCUT2D eigenvalue weighted by Gasteiger charge is 2.05. The lowest BCUT2D eigenvalue weighted by Gasteiger charge is -2.08. The van der Waals surface area contributed by atoms with Crippen LogP contribution in [0.15, 0.2) is 42.7 Å². The van der Waals surface area contributed by atoms with Crippen molar-refractivity contribution in [1.29, 1.82) is 0 Å². The van der Waals surface area contributed by atoms with Crippen LogP contribution in [0.4, 0.5) is 5.69 Å². The molecule has 0 aliphatic heterocycles. The highest BCUT2D eigenvalue weighted by Crippen LogP contribution is 2.15. The minimum atomic E-state index is 0.773. The Kier molecular flexibility index (Phi) is 3.25. The molecule has 0 unspecified atom stereocenters.